The SMILES string of the molecule is O=C1CC=Nc2cscc21. The number of nitrogens with zero attached hydrogens (tertiary/aromatic N) is 1. The van der Waals surface area contributed by atoms with Gasteiger partial charge in [0.15, 0.2) is 5.78 Å². The van der Waals surface area contributed by atoms with Crippen molar-refractivity contribution in [2.75, 3.05) is 0 Å². The van der Waals surface area contributed by atoms with Gasteiger partial charge in [0.25, 0.3) is 0 Å². The van der Waals surface area contributed by atoms with Crippen molar-refractivity contribution in [1.29, 1.82) is 0 Å². The van der Waals surface area contributed by atoms with Crippen molar-refractivity contribution in [2.24, 2.45) is 4.99 Å². The molecule has 2 heterocycles. The largest absolute Gasteiger partial charge is 0.294 e. The summed E-state index contributed by atoms with van der Waals surface area (Å²) in [5.74, 6) is 0.186. The summed E-state index contributed by atoms with van der Waals surface area (Å²) >= 11 is 1.52. The predicted octanol–water partition coefficient (Wildman–Crippen LogP) is 2.04. The molecule has 50 valence electrons. The highest BCUT2D eigenvalue weighted by atomic mass is 32.1. The monoisotopic (exact) mass is 151 g/mol. The van der Waals surface area contributed by atoms with Crippen LogP contribution in [0.4, 0.5) is 5.69 Å². The van der Waals surface area contributed by atoms with Crippen molar-refractivity contribution in [3.05, 3.63) is 16.3 Å². The van der Waals surface area contributed by atoms with Gasteiger partial charge >= 0.3 is 0 Å². The van der Waals surface area contributed by atoms with E-state index in [2.05, 4.69) is 4.99 Å². The number of hydrogen-bond acceptors (Lipinski definition) is 3. The summed E-state index contributed by atoms with van der Waals surface area (Å²) in [7, 11) is 0. The van der Waals surface area contributed by atoms with E-state index in [4.69, 9.17) is 0 Å². The zero-order valence-corrected chi connectivity index (χ0v) is 6.02. The van der Waals surface area contributed by atoms with Gasteiger partial charge in [-0.25, -0.2) is 0 Å². The van der Waals surface area contributed by atoms with Gasteiger partial charge in [-0.15, -0.1) is 11.3 Å². The molecule has 2 rings (SSSR count). The van der Waals surface area contributed by atoms with Crippen molar-refractivity contribution in [1.82, 2.24) is 0 Å². The number of Topliss-reactive ketones (excluding diaryl/α,β-unsaturated/α-hetero) is 1. The van der Waals surface area contributed by atoms with Crippen molar-refractivity contribution >= 4 is 29.0 Å². The molecule has 0 unspecified atom stereocenters. The lowest BCUT2D eigenvalue weighted by Crippen LogP contribution is -2.01. The minimum atomic E-state index is 0.186. The fraction of sp³-hybridized carbons (Fsp3) is 0.143. The normalized spacial score (nSPS) is 15.4. The number of aliphatic imine (C=N–C) groups is 1. The smallest absolute Gasteiger partial charge is 0.171 e. The molecule has 1 aromatic rings. The third-order valence-corrected chi connectivity index (χ3v) is 2.18. The molecule has 1 aliphatic rings. The van der Waals surface area contributed by atoms with Crippen LogP contribution in [0.3, 0.4) is 0 Å². The van der Waals surface area contributed by atoms with Gasteiger partial charge in [0, 0.05) is 23.4 Å². The van der Waals surface area contributed by atoms with Crippen LogP contribution in [0.2, 0.25) is 0 Å². The molecule has 0 bridgehead atoms. The summed E-state index contributed by atoms with van der Waals surface area (Å²) in [6.07, 6.45) is 2.13. The van der Waals surface area contributed by atoms with E-state index in [1.54, 1.807) is 6.21 Å². The van der Waals surface area contributed by atoms with E-state index in [1.807, 2.05) is 10.8 Å². The summed E-state index contributed by atoms with van der Waals surface area (Å²) in [6, 6.07) is 0. The van der Waals surface area contributed by atoms with Crippen molar-refractivity contribution in [3.63, 3.8) is 0 Å². The maximum atomic E-state index is 11.1. The molecule has 0 aliphatic carbocycles. The Kier molecular flexibility index (Phi) is 1.17. The van der Waals surface area contributed by atoms with E-state index >= 15 is 0 Å². The van der Waals surface area contributed by atoms with Gasteiger partial charge in [0.2, 0.25) is 0 Å². The van der Waals surface area contributed by atoms with Gasteiger partial charge in [0.05, 0.1) is 11.3 Å². The van der Waals surface area contributed by atoms with Crippen LogP contribution in [-0.2, 0) is 0 Å². The molecule has 3 heteroatoms. The minimum Gasteiger partial charge on any atom is -0.294 e. The molecule has 0 aromatic carbocycles. The second kappa shape index (κ2) is 2.02. The first-order valence-electron chi connectivity index (χ1n) is 3.00. The third-order valence-electron chi connectivity index (χ3n) is 1.45. The molecule has 0 radical (unpaired) electrons. The van der Waals surface area contributed by atoms with Crippen LogP contribution in [-0.4, -0.2) is 12.0 Å². The molecule has 0 saturated carbocycles. The predicted molar refractivity (Wildman–Crippen MR) is 41.4 cm³/mol. The van der Waals surface area contributed by atoms with Crippen LogP contribution >= 0.6 is 11.3 Å². The molecule has 0 saturated heterocycles. The first-order chi connectivity index (χ1) is 4.88. The maximum Gasteiger partial charge on any atom is 0.171 e. The maximum absolute atomic E-state index is 11.1. The number of carbonyl (C=O) groups is 1. The van der Waals surface area contributed by atoms with Gasteiger partial charge in [0.1, 0.15) is 0 Å². The molecule has 0 fully saturated rings. The zero-order valence-electron chi connectivity index (χ0n) is 5.20. The Morgan fingerprint density at radius 2 is 2.40 bits per heavy atom. The Morgan fingerprint density at radius 1 is 1.50 bits per heavy atom. The number of hydrogen-bond donors (Lipinski definition) is 0. The minimum absolute atomic E-state index is 0.186. The van der Waals surface area contributed by atoms with Crippen molar-refractivity contribution in [3.8, 4) is 0 Å². The highest BCUT2D eigenvalue weighted by Crippen LogP contribution is 2.27. The van der Waals surface area contributed by atoms with E-state index in [-0.39, 0.29) is 5.78 Å². The second-order valence-corrected chi connectivity index (χ2v) is 2.85. The van der Waals surface area contributed by atoms with Gasteiger partial charge in [-0.1, -0.05) is 0 Å². The van der Waals surface area contributed by atoms with Crippen molar-refractivity contribution in [2.45, 2.75) is 6.42 Å². The Bertz CT molecular complexity index is 300. The Hall–Kier alpha value is -0.960. The molecule has 1 aromatic heterocycles. The first-order valence-corrected chi connectivity index (χ1v) is 3.94. The van der Waals surface area contributed by atoms with Gasteiger partial charge in [-0.05, 0) is 0 Å². The van der Waals surface area contributed by atoms with Crippen LogP contribution < -0.4 is 0 Å². The van der Waals surface area contributed by atoms with Crippen LogP contribution in [0.5, 0.6) is 0 Å². The average Bonchev–Trinajstić information content (AvgIpc) is 2.36. The molecular formula is C7H5NOS. The summed E-state index contributed by atoms with van der Waals surface area (Å²) < 4.78 is 0. The van der Waals surface area contributed by atoms with Crippen LogP contribution in [0.25, 0.3) is 0 Å². The Morgan fingerprint density at radius 3 is 3.20 bits per heavy atom. The summed E-state index contributed by atoms with van der Waals surface area (Å²) in [4.78, 5) is 15.1. The topological polar surface area (TPSA) is 29.4 Å². The number of thiophene rings is 1. The lowest BCUT2D eigenvalue weighted by molar-refractivity contribution is 0.100. The Balaban J connectivity index is 2.62. The van der Waals surface area contributed by atoms with E-state index in [0.29, 0.717) is 6.42 Å². The molecule has 1 aliphatic heterocycles. The molecule has 0 amide bonds. The Labute approximate surface area is 62.2 Å². The highest BCUT2D eigenvalue weighted by Gasteiger charge is 2.13. The average molecular weight is 151 g/mol. The van der Waals surface area contributed by atoms with Gasteiger partial charge in [-0.2, -0.15) is 0 Å². The molecule has 10 heavy (non-hydrogen) atoms. The van der Waals surface area contributed by atoms with Crippen LogP contribution in [0.15, 0.2) is 15.8 Å². The molecule has 2 nitrogen and oxygen atoms in total. The standard InChI is InChI=1S/C7H5NOS/c9-7-1-2-8-6-4-10-3-5(6)7/h2-4H,1H2. The molecule has 0 atom stereocenters. The first kappa shape index (κ1) is 5.80. The van der Waals surface area contributed by atoms with E-state index in [1.165, 1.54) is 11.3 Å². The van der Waals surface area contributed by atoms with Crippen molar-refractivity contribution < 1.29 is 4.79 Å². The second-order valence-electron chi connectivity index (χ2n) is 2.11. The van der Waals surface area contributed by atoms with E-state index in [0.717, 1.165) is 11.3 Å². The third kappa shape index (κ3) is 0.708. The number of fused-ring (bicyclic) bond motifs is 1. The summed E-state index contributed by atoms with van der Waals surface area (Å²) in [5, 5.41) is 3.75. The lowest BCUT2D eigenvalue weighted by atomic mass is 10.1. The fourth-order valence-corrected chi connectivity index (χ4v) is 1.71. The van der Waals surface area contributed by atoms with Crippen LogP contribution in [0.1, 0.15) is 16.8 Å². The number of rotatable bonds is 0. The molecule has 0 N–H and O–H groups in total. The summed E-state index contributed by atoms with van der Waals surface area (Å²) in [6.45, 7) is 0. The van der Waals surface area contributed by atoms with Crippen LogP contribution in [0, 0.1) is 0 Å². The summed E-state index contributed by atoms with van der Waals surface area (Å²) in [5.41, 5.74) is 1.62. The van der Waals surface area contributed by atoms with E-state index < -0.39 is 0 Å². The quantitative estimate of drug-likeness (QED) is 0.558. The molecule has 0 spiro atoms. The molecular weight excluding hydrogens is 146 g/mol. The number of carbonyl (C=O) groups excluding carboxylic acids is 1. The van der Waals surface area contributed by atoms with Gasteiger partial charge < -0.3 is 0 Å². The van der Waals surface area contributed by atoms with E-state index in [9.17, 15) is 4.79 Å². The zero-order chi connectivity index (χ0) is 6.97. The van der Waals surface area contributed by atoms with Gasteiger partial charge in [-0.3, -0.25) is 9.79 Å². The highest BCUT2D eigenvalue weighted by molar-refractivity contribution is 7.08. The fourth-order valence-electron chi connectivity index (χ4n) is 0.936. The lowest BCUT2D eigenvalue weighted by Gasteiger charge is -2.00. The number of ketones is 1.